The maximum absolute atomic E-state index is 11.7. The van der Waals surface area contributed by atoms with Crippen molar-refractivity contribution in [3.8, 4) is 11.5 Å². The summed E-state index contributed by atoms with van der Waals surface area (Å²) < 4.78 is 81.2. The summed E-state index contributed by atoms with van der Waals surface area (Å²) in [6, 6.07) is 13.4. The molecule has 0 aliphatic rings. The van der Waals surface area contributed by atoms with Crippen molar-refractivity contribution in [2.45, 2.75) is 0 Å². The maximum Gasteiger partial charge on any atom is 1.00 e. The quantitative estimate of drug-likeness (QED) is 0.0810. The van der Waals surface area contributed by atoms with Crippen LogP contribution in [0.4, 0.5) is 0 Å². The Bertz CT molecular complexity index is 1900. The number of benzene rings is 6. The van der Waals surface area contributed by atoms with Gasteiger partial charge in [0.25, 0.3) is 20.8 Å². The van der Waals surface area contributed by atoms with Crippen LogP contribution >= 0.6 is 31.9 Å². The van der Waals surface area contributed by atoms with E-state index in [1.54, 1.807) is 48.5 Å². The van der Waals surface area contributed by atoms with Gasteiger partial charge < -0.3 is 17.5 Å². The summed E-state index contributed by atoms with van der Waals surface area (Å²) in [4.78, 5) is 0. The normalized spacial score (nSPS) is 12.4. The molecule has 0 amide bonds. The van der Waals surface area contributed by atoms with Crippen LogP contribution in [0.2, 0.25) is 0 Å². The fourth-order valence-corrected chi connectivity index (χ4v) is 6.68. The minimum Gasteiger partial charge on any atom is -0.716 e. The third kappa shape index (κ3) is 4.42. The third-order valence-corrected chi connectivity index (χ3v) is 7.88. The van der Waals surface area contributed by atoms with Gasteiger partial charge in [0.05, 0.1) is 0 Å². The number of rotatable bonds is 4. The molecule has 0 aromatic heterocycles. The van der Waals surface area contributed by atoms with Gasteiger partial charge >= 0.3 is 59.1 Å². The van der Waals surface area contributed by atoms with E-state index in [4.69, 9.17) is 8.37 Å². The largest absolute Gasteiger partial charge is 1.00 e. The Hall–Kier alpha value is -0.480. The molecule has 0 spiro atoms. The summed E-state index contributed by atoms with van der Waals surface area (Å²) in [6.45, 7) is 0. The Morgan fingerprint density at radius 3 is 1.22 bits per heavy atom. The van der Waals surface area contributed by atoms with Gasteiger partial charge in [0.15, 0.2) is 11.5 Å². The molecule has 6 aromatic carbocycles. The minimum atomic E-state index is -5.14. The SMILES string of the molecule is O=S(=O)([O-])Oc1c2cccc3c(Br)cc4c(OS(=O)(=O)[O-])c5cccc6c(Br)cc1c(c65)c4c32.[Na+].[Na+]. The van der Waals surface area contributed by atoms with E-state index in [1.807, 2.05) is 0 Å². The second kappa shape index (κ2) is 9.61. The third-order valence-electron chi connectivity index (χ3n) is 5.82. The molecule has 6 rings (SSSR count). The number of hydrogen-bond donors (Lipinski definition) is 0. The molecule has 0 saturated carbocycles. The zero-order chi connectivity index (χ0) is 24.2. The van der Waals surface area contributed by atoms with Gasteiger partial charge in [-0.1, -0.05) is 68.3 Å². The van der Waals surface area contributed by atoms with E-state index >= 15 is 0 Å². The predicted molar refractivity (Wildman–Crippen MR) is 132 cm³/mol. The zero-order valence-electron chi connectivity index (χ0n) is 18.5. The Balaban J connectivity index is 0.00000152. The molecule has 0 unspecified atom stereocenters. The van der Waals surface area contributed by atoms with Crippen LogP contribution in [-0.4, -0.2) is 25.9 Å². The van der Waals surface area contributed by atoms with Crippen LogP contribution in [0.15, 0.2) is 57.5 Å². The van der Waals surface area contributed by atoms with Crippen molar-refractivity contribution in [2.75, 3.05) is 0 Å². The molecule has 0 aliphatic carbocycles. The molecule has 0 saturated heterocycles. The van der Waals surface area contributed by atoms with Gasteiger partial charge in [0, 0.05) is 52.0 Å². The monoisotopic (exact) mass is 668 g/mol. The first-order chi connectivity index (χ1) is 15.9. The average Bonchev–Trinajstić information content (AvgIpc) is 2.74. The summed E-state index contributed by atoms with van der Waals surface area (Å²) >= 11 is 6.95. The van der Waals surface area contributed by atoms with Crippen molar-refractivity contribution in [3.05, 3.63) is 57.5 Å². The summed E-state index contributed by atoms with van der Waals surface area (Å²) in [7, 11) is -10.3. The standard InChI is InChI=1S/C22H10Br2O8S2.2Na/c23-15-7-14-19-17-9(15)3-1-5-11(17)21(31-33(25,26)27)13-8-16(24)10-4-2-6-12(18(10)20(13)19)22(14)32-34(28,29)30;;/h1-8H,(H,25,26,27)(H,28,29,30);;/q;2*+1/p-2. The van der Waals surface area contributed by atoms with Crippen molar-refractivity contribution in [1.29, 1.82) is 0 Å². The predicted octanol–water partition coefficient (Wildman–Crippen LogP) is -0.461. The molecule has 0 atom stereocenters. The van der Waals surface area contributed by atoms with E-state index in [0.717, 1.165) is 0 Å². The van der Waals surface area contributed by atoms with Crippen LogP contribution in [-0.2, 0) is 20.8 Å². The van der Waals surface area contributed by atoms with Crippen molar-refractivity contribution in [3.63, 3.8) is 0 Å². The smallest absolute Gasteiger partial charge is 0.716 e. The van der Waals surface area contributed by atoms with Crippen LogP contribution in [0.1, 0.15) is 0 Å². The molecule has 0 aliphatic heterocycles. The number of hydrogen-bond acceptors (Lipinski definition) is 8. The van der Waals surface area contributed by atoms with Gasteiger partial charge in [-0.05, 0) is 22.9 Å². The van der Waals surface area contributed by atoms with Crippen LogP contribution in [0.25, 0.3) is 53.9 Å². The first-order valence-corrected chi connectivity index (χ1v) is 13.8. The molecule has 36 heavy (non-hydrogen) atoms. The molecular formula is C22H8Br2Na2O8S2. The van der Waals surface area contributed by atoms with E-state index in [9.17, 15) is 25.9 Å². The fraction of sp³-hybridized carbons (Fsp3) is 0. The summed E-state index contributed by atoms with van der Waals surface area (Å²) in [6.07, 6.45) is 0. The maximum atomic E-state index is 11.7. The van der Waals surface area contributed by atoms with Gasteiger partial charge in [-0.15, -0.1) is 0 Å². The van der Waals surface area contributed by atoms with Gasteiger partial charge in [-0.2, -0.15) is 0 Å². The molecule has 0 fully saturated rings. The molecule has 14 heteroatoms. The van der Waals surface area contributed by atoms with E-state index in [-0.39, 0.29) is 70.6 Å². The van der Waals surface area contributed by atoms with Gasteiger partial charge in [-0.3, -0.25) is 0 Å². The Morgan fingerprint density at radius 1 is 0.556 bits per heavy atom. The Kier molecular flexibility index (Phi) is 7.62. The zero-order valence-corrected chi connectivity index (χ0v) is 27.3. The van der Waals surface area contributed by atoms with Crippen LogP contribution in [0, 0.1) is 0 Å². The minimum absolute atomic E-state index is 0. The topological polar surface area (TPSA) is 133 Å². The molecule has 0 bridgehead atoms. The summed E-state index contributed by atoms with van der Waals surface area (Å²) in [5, 5.41) is 4.69. The van der Waals surface area contributed by atoms with Crippen LogP contribution in [0.5, 0.6) is 11.5 Å². The number of halogens is 2. The van der Waals surface area contributed by atoms with Crippen molar-refractivity contribution < 1.29 is 93.4 Å². The molecule has 0 N–H and O–H groups in total. The van der Waals surface area contributed by atoms with E-state index in [1.165, 1.54) is 0 Å². The molecule has 0 radical (unpaired) electrons. The van der Waals surface area contributed by atoms with Crippen molar-refractivity contribution in [1.82, 2.24) is 0 Å². The second-order valence-electron chi connectivity index (χ2n) is 7.66. The second-order valence-corrected chi connectivity index (χ2v) is 11.3. The molecule has 0 heterocycles. The molecule has 172 valence electrons. The Morgan fingerprint density at radius 2 is 0.889 bits per heavy atom. The first-order valence-electron chi connectivity index (χ1n) is 9.51. The summed E-state index contributed by atoms with van der Waals surface area (Å²) in [5.41, 5.74) is 0. The van der Waals surface area contributed by atoms with E-state index in [2.05, 4.69) is 31.9 Å². The molecule has 6 aromatic rings. The first kappa shape index (κ1) is 28.5. The molecular weight excluding hydrogens is 662 g/mol. The molecule has 8 nitrogen and oxygen atoms in total. The van der Waals surface area contributed by atoms with Gasteiger partial charge in [0.1, 0.15) is 0 Å². The summed E-state index contributed by atoms with van der Waals surface area (Å²) in [5.74, 6) is -0.296. The van der Waals surface area contributed by atoms with E-state index in [0.29, 0.717) is 62.8 Å². The Labute approximate surface area is 265 Å². The van der Waals surface area contributed by atoms with Crippen molar-refractivity contribution in [2.24, 2.45) is 0 Å². The van der Waals surface area contributed by atoms with Gasteiger partial charge in [0.2, 0.25) is 0 Å². The van der Waals surface area contributed by atoms with Gasteiger partial charge in [-0.25, -0.2) is 16.8 Å². The van der Waals surface area contributed by atoms with E-state index < -0.39 is 20.8 Å². The van der Waals surface area contributed by atoms with Crippen LogP contribution in [0.3, 0.4) is 0 Å². The average molecular weight is 670 g/mol. The fourth-order valence-electron chi connectivity index (χ4n) is 4.79. The van der Waals surface area contributed by atoms with Crippen molar-refractivity contribution >= 4 is 107 Å². The van der Waals surface area contributed by atoms with Crippen LogP contribution < -0.4 is 67.5 Å².